The number of hydrogen-bond acceptors (Lipinski definition) is 4. The Bertz CT molecular complexity index is 811. The highest BCUT2D eigenvalue weighted by Crippen LogP contribution is 2.20. The molecule has 3 aromatic rings. The van der Waals surface area contributed by atoms with Crippen LogP contribution in [0.3, 0.4) is 0 Å². The monoisotopic (exact) mass is 307 g/mol. The van der Waals surface area contributed by atoms with E-state index in [0.717, 1.165) is 11.4 Å². The van der Waals surface area contributed by atoms with E-state index < -0.39 is 0 Å². The van der Waals surface area contributed by atoms with Gasteiger partial charge in [0.1, 0.15) is 0 Å². The van der Waals surface area contributed by atoms with Crippen molar-refractivity contribution in [3.63, 3.8) is 0 Å². The van der Waals surface area contributed by atoms with Crippen LogP contribution in [0.5, 0.6) is 0 Å². The van der Waals surface area contributed by atoms with Crippen LogP contribution in [0.25, 0.3) is 5.69 Å². The lowest BCUT2D eigenvalue weighted by Crippen LogP contribution is -2.12. The summed E-state index contributed by atoms with van der Waals surface area (Å²) in [7, 11) is 0. The molecule has 0 fully saturated rings. The van der Waals surface area contributed by atoms with E-state index in [1.54, 1.807) is 29.2 Å². The number of benzene rings is 1. The second-order valence-electron chi connectivity index (χ2n) is 5.47. The van der Waals surface area contributed by atoms with Crippen molar-refractivity contribution in [1.82, 2.24) is 20.0 Å². The zero-order valence-electron chi connectivity index (χ0n) is 13.0. The predicted octanol–water partition coefficient (Wildman–Crippen LogP) is 3.04. The topological polar surface area (TPSA) is 72.7 Å². The molecule has 1 aromatic carbocycles. The molecule has 2 heterocycles. The van der Waals surface area contributed by atoms with Crippen molar-refractivity contribution in [2.75, 3.05) is 5.32 Å². The second-order valence-corrected chi connectivity index (χ2v) is 5.47. The van der Waals surface area contributed by atoms with Crippen molar-refractivity contribution in [2.24, 2.45) is 0 Å². The van der Waals surface area contributed by atoms with Crippen LogP contribution in [0.4, 0.5) is 5.69 Å². The predicted molar refractivity (Wildman–Crippen MR) is 87.6 cm³/mol. The zero-order chi connectivity index (χ0) is 16.2. The second kappa shape index (κ2) is 6.39. The fourth-order valence-corrected chi connectivity index (χ4v) is 2.25. The van der Waals surface area contributed by atoms with Gasteiger partial charge in [-0.2, -0.15) is 0 Å². The molecule has 3 rings (SSSR count). The quantitative estimate of drug-likeness (QED) is 0.804. The summed E-state index contributed by atoms with van der Waals surface area (Å²) in [5.74, 6) is 0.108. The van der Waals surface area contributed by atoms with Crippen LogP contribution < -0.4 is 5.32 Å². The molecular formula is C17H17N5O. The third kappa shape index (κ3) is 3.26. The van der Waals surface area contributed by atoms with Gasteiger partial charge in [0.2, 0.25) is 0 Å². The summed E-state index contributed by atoms with van der Waals surface area (Å²) in [6.07, 6.45) is 4.93. The Morgan fingerprint density at radius 1 is 1.17 bits per heavy atom. The molecule has 0 aliphatic heterocycles. The number of hydrogen-bond donors (Lipinski definition) is 1. The minimum absolute atomic E-state index is 0.196. The van der Waals surface area contributed by atoms with Crippen molar-refractivity contribution >= 4 is 11.6 Å². The van der Waals surface area contributed by atoms with E-state index in [0.29, 0.717) is 17.2 Å². The summed E-state index contributed by atoms with van der Waals surface area (Å²) < 4.78 is 1.78. The number of carbonyl (C=O) groups is 1. The smallest absolute Gasteiger partial charge is 0.257 e. The summed E-state index contributed by atoms with van der Waals surface area (Å²) in [5, 5.41) is 11.0. The minimum atomic E-state index is -0.196. The Hall–Kier alpha value is -3.02. The Kier molecular flexibility index (Phi) is 4.14. The van der Waals surface area contributed by atoms with Gasteiger partial charge >= 0.3 is 0 Å². The zero-order valence-corrected chi connectivity index (χ0v) is 13.0. The van der Waals surface area contributed by atoms with Gasteiger partial charge in [0, 0.05) is 18.1 Å². The Labute approximate surface area is 134 Å². The summed E-state index contributed by atoms with van der Waals surface area (Å²) >= 11 is 0. The number of carbonyl (C=O) groups excluding carboxylic acids is 1. The number of rotatable bonds is 4. The van der Waals surface area contributed by atoms with E-state index in [4.69, 9.17) is 0 Å². The maximum absolute atomic E-state index is 12.2. The fourth-order valence-electron chi connectivity index (χ4n) is 2.25. The molecule has 1 N–H and O–H groups in total. The molecule has 23 heavy (non-hydrogen) atoms. The standard InChI is InChI=1S/C17H17N5O/c1-12(2)16-11-19-21-22(16)15-7-3-6-14(9-15)20-17(23)13-5-4-8-18-10-13/h3-12H,1-2H3,(H,20,23). The molecule has 0 aliphatic carbocycles. The summed E-state index contributed by atoms with van der Waals surface area (Å²) in [6, 6.07) is 11.0. The molecule has 1 amide bonds. The maximum atomic E-state index is 12.2. The lowest BCUT2D eigenvalue weighted by atomic mass is 10.1. The van der Waals surface area contributed by atoms with E-state index in [1.807, 2.05) is 24.3 Å². The van der Waals surface area contributed by atoms with Crippen LogP contribution in [0.2, 0.25) is 0 Å². The molecule has 116 valence electrons. The highest BCUT2D eigenvalue weighted by Gasteiger charge is 2.11. The van der Waals surface area contributed by atoms with Crippen molar-refractivity contribution in [3.8, 4) is 5.69 Å². The molecule has 0 spiro atoms. The van der Waals surface area contributed by atoms with Crippen LogP contribution in [0.15, 0.2) is 55.0 Å². The van der Waals surface area contributed by atoms with Gasteiger partial charge in [-0.25, -0.2) is 4.68 Å². The molecule has 6 nitrogen and oxygen atoms in total. The Morgan fingerprint density at radius 3 is 2.78 bits per heavy atom. The van der Waals surface area contributed by atoms with E-state index in [9.17, 15) is 4.79 Å². The van der Waals surface area contributed by atoms with E-state index in [1.165, 1.54) is 6.20 Å². The van der Waals surface area contributed by atoms with Crippen LogP contribution in [-0.4, -0.2) is 25.9 Å². The fraction of sp³-hybridized carbons (Fsp3) is 0.176. The van der Waals surface area contributed by atoms with Gasteiger partial charge in [0.05, 0.1) is 23.1 Å². The molecule has 6 heteroatoms. The summed E-state index contributed by atoms with van der Waals surface area (Å²) in [5.41, 5.74) is 3.08. The lowest BCUT2D eigenvalue weighted by molar-refractivity contribution is 0.102. The highest BCUT2D eigenvalue weighted by atomic mass is 16.1. The molecule has 0 atom stereocenters. The van der Waals surface area contributed by atoms with Gasteiger partial charge < -0.3 is 5.32 Å². The summed E-state index contributed by atoms with van der Waals surface area (Å²) in [4.78, 5) is 16.2. The third-order valence-corrected chi connectivity index (χ3v) is 3.44. The summed E-state index contributed by atoms with van der Waals surface area (Å²) in [6.45, 7) is 4.17. The number of nitrogens with zero attached hydrogens (tertiary/aromatic N) is 4. The van der Waals surface area contributed by atoms with Gasteiger partial charge in [-0.15, -0.1) is 5.10 Å². The van der Waals surface area contributed by atoms with Gasteiger partial charge in [0.25, 0.3) is 5.91 Å². The van der Waals surface area contributed by atoms with Gasteiger partial charge in [-0.1, -0.05) is 25.1 Å². The van der Waals surface area contributed by atoms with Crippen molar-refractivity contribution in [3.05, 3.63) is 66.2 Å². The highest BCUT2D eigenvalue weighted by molar-refractivity contribution is 6.04. The third-order valence-electron chi connectivity index (χ3n) is 3.44. The van der Waals surface area contributed by atoms with E-state index in [-0.39, 0.29) is 5.91 Å². The minimum Gasteiger partial charge on any atom is -0.322 e. The number of amides is 1. The first kappa shape index (κ1) is 14.9. The average Bonchev–Trinajstić information content (AvgIpc) is 3.06. The molecule has 0 bridgehead atoms. The van der Waals surface area contributed by atoms with Crippen LogP contribution in [0.1, 0.15) is 35.8 Å². The lowest BCUT2D eigenvalue weighted by Gasteiger charge is -2.11. The van der Waals surface area contributed by atoms with Crippen molar-refractivity contribution in [2.45, 2.75) is 19.8 Å². The van der Waals surface area contributed by atoms with E-state index >= 15 is 0 Å². The Balaban J connectivity index is 1.86. The normalized spacial score (nSPS) is 10.7. The van der Waals surface area contributed by atoms with Crippen LogP contribution >= 0.6 is 0 Å². The largest absolute Gasteiger partial charge is 0.322 e. The average molecular weight is 307 g/mol. The molecule has 0 saturated carbocycles. The first-order chi connectivity index (χ1) is 11.1. The Morgan fingerprint density at radius 2 is 2.04 bits per heavy atom. The molecule has 0 saturated heterocycles. The first-order valence-electron chi connectivity index (χ1n) is 7.37. The number of anilines is 1. The van der Waals surface area contributed by atoms with E-state index in [2.05, 4.69) is 34.5 Å². The molecular weight excluding hydrogens is 290 g/mol. The van der Waals surface area contributed by atoms with Gasteiger partial charge in [-0.3, -0.25) is 9.78 Å². The number of aromatic nitrogens is 4. The SMILES string of the molecule is CC(C)c1cnnn1-c1cccc(NC(=O)c2cccnc2)c1. The number of pyridine rings is 1. The maximum Gasteiger partial charge on any atom is 0.257 e. The number of nitrogens with one attached hydrogen (secondary N) is 1. The molecule has 0 radical (unpaired) electrons. The van der Waals surface area contributed by atoms with Crippen molar-refractivity contribution in [1.29, 1.82) is 0 Å². The molecule has 2 aromatic heterocycles. The van der Waals surface area contributed by atoms with Gasteiger partial charge in [-0.05, 0) is 36.2 Å². The molecule has 0 aliphatic rings. The first-order valence-corrected chi connectivity index (χ1v) is 7.37. The van der Waals surface area contributed by atoms with Crippen LogP contribution in [-0.2, 0) is 0 Å². The molecule has 0 unspecified atom stereocenters. The van der Waals surface area contributed by atoms with Gasteiger partial charge in [0.15, 0.2) is 0 Å². The van der Waals surface area contributed by atoms with Crippen LogP contribution in [0, 0.1) is 0 Å². The van der Waals surface area contributed by atoms with Crippen molar-refractivity contribution < 1.29 is 4.79 Å².